The minimum atomic E-state index is -0.371. The van der Waals surface area contributed by atoms with Crippen molar-refractivity contribution in [1.29, 1.82) is 0 Å². The highest BCUT2D eigenvalue weighted by atomic mass is 16.1. The minimum absolute atomic E-state index is 0.371. The van der Waals surface area contributed by atoms with E-state index in [1.165, 1.54) is 0 Å². The molecule has 112 valence electrons. The molecule has 0 aromatic heterocycles. The first kappa shape index (κ1) is 16.7. The second-order valence-electron chi connectivity index (χ2n) is 5.74. The van der Waals surface area contributed by atoms with E-state index in [-0.39, 0.29) is 5.91 Å². The van der Waals surface area contributed by atoms with Crippen molar-refractivity contribution >= 4 is 5.91 Å². The molecule has 1 aromatic rings. The monoisotopic (exact) mass is 277 g/mol. The smallest absolute Gasteiger partial charge is 0.248 e. The third kappa shape index (κ3) is 5.72. The maximum absolute atomic E-state index is 11.2. The van der Waals surface area contributed by atoms with Gasteiger partial charge in [-0.2, -0.15) is 0 Å². The largest absolute Gasteiger partial charge is 0.366 e. The highest BCUT2D eigenvalue weighted by Crippen LogP contribution is 2.10. The Labute approximate surface area is 122 Å². The zero-order chi connectivity index (χ0) is 15.1. The number of hydrogen-bond donors (Lipinski definition) is 2. The Morgan fingerprint density at radius 1 is 1.30 bits per heavy atom. The van der Waals surface area contributed by atoms with Gasteiger partial charge in [-0.1, -0.05) is 26.0 Å². The number of benzene rings is 1. The lowest BCUT2D eigenvalue weighted by atomic mass is 10.1. The zero-order valence-electron chi connectivity index (χ0n) is 13.0. The van der Waals surface area contributed by atoms with Gasteiger partial charge in [0, 0.05) is 37.3 Å². The molecule has 3 N–H and O–H groups in total. The lowest BCUT2D eigenvalue weighted by molar-refractivity contribution is 0.1000. The van der Waals surface area contributed by atoms with Crippen molar-refractivity contribution < 1.29 is 4.79 Å². The molecule has 0 aliphatic heterocycles. The molecule has 1 aromatic carbocycles. The summed E-state index contributed by atoms with van der Waals surface area (Å²) in [6, 6.07) is 8.53. The third-order valence-corrected chi connectivity index (χ3v) is 3.28. The Bertz CT molecular complexity index is 429. The van der Waals surface area contributed by atoms with Crippen molar-refractivity contribution in [3.8, 4) is 0 Å². The van der Waals surface area contributed by atoms with Gasteiger partial charge in [0.2, 0.25) is 5.91 Å². The molecular formula is C16H27N3O. The maximum Gasteiger partial charge on any atom is 0.248 e. The van der Waals surface area contributed by atoms with E-state index in [0.29, 0.717) is 17.6 Å². The standard InChI is InChI=1S/C16H27N3O/c1-12(2)18-8-9-19(13(3)4)11-14-6-5-7-15(10-14)16(17)20/h5-7,10,12-13,18H,8-9,11H2,1-4H3,(H2,17,20). The van der Waals surface area contributed by atoms with Crippen molar-refractivity contribution in [1.82, 2.24) is 10.2 Å². The number of nitrogens with two attached hydrogens (primary N) is 1. The van der Waals surface area contributed by atoms with Crippen LogP contribution >= 0.6 is 0 Å². The molecule has 0 bridgehead atoms. The highest BCUT2D eigenvalue weighted by molar-refractivity contribution is 5.92. The van der Waals surface area contributed by atoms with E-state index in [9.17, 15) is 4.79 Å². The molecular weight excluding hydrogens is 250 g/mol. The van der Waals surface area contributed by atoms with Gasteiger partial charge in [-0.25, -0.2) is 0 Å². The number of amides is 1. The fraction of sp³-hybridized carbons (Fsp3) is 0.562. The van der Waals surface area contributed by atoms with Gasteiger partial charge >= 0.3 is 0 Å². The summed E-state index contributed by atoms with van der Waals surface area (Å²) in [5, 5.41) is 3.43. The molecule has 0 unspecified atom stereocenters. The fourth-order valence-corrected chi connectivity index (χ4v) is 2.07. The highest BCUT2D eigenvalue weighted by Gasteiger charge is 2.11. The molecule has 0 atom stereocenters. The van der Waals surface area contributed by atoms with Gasteiger partial charge in [-0.15, -0.1) is 0 Å². The molecule has 20 heavy (non-hydrogen) atoms. The van der Waals surface area contributed by atoms with Crippen molar-refractivity contribution in [2.45, 2.75) is 46.3 Å². The second-order valence-corrected chi connectivity index (χ2v) is 5.74. The first-order valence-corrected chi connectivity index (χ1v) is 7.26. The van der Waals surface area contributed by atoms with E-state index >= 15 is 0 Å². The van der Waals surface area contributed by atoms with Crippen molar-refractivity contribution in [2.75, 3.05) is 13.1 Å². The van der Waals surface area contributed by atoms with Gasteiger partial charge in [0.25, 0.3) is 0 Å². The van der Waals surface area contributed by atoms with Crippen molar-refractivity contribution in [3.05, 3.63) is 35.4 Å². The molecule has 0 saturated heterocycles. The number of hydrogen-bond acceptors (Lipinski definition) is 3. The Kier molecular flexibility index (Phi) is 6.68. The summed E-state index contributed by atoms with van der Waals surface area (Å²) in [5.74, 6) is -0.371. The van der Waals surface area contributed by atoms with Gasteiger partial charge in [-0.3, -0.25) is 9.69 Å². The maximum atomic E-state index is 11.2. The van der Waals surface area contributed by atoms with Crippen molar-refractivity contribution in [2.24, 2.45) is 5.73 Å². The van der Waals surface area contributed by atoms with E-state index < -0.39 is 0 Å². The topological polar surface area (TPSA) is 58.4 Å². The summed E-state index contributed by atoms with van der Waals surface area (Å²) < 4.78 is 0. The predicted molar refractivity (Wildman–Crippen MR) is 83.6 cm³/mol. The molecule has 0 aliphatic rings. The second kappa shape index (κ2) is 8.02. The van der Waals surface area contributed by atoms with Crippen LogP contribution in [-0.2, 0) is 6.54 Å². The van der Waals surface area contributed by atoms with Gasteiger partial charge in [-0.05, 0) is 31.5 Å². The van der Waals surface area contributed by atoms with E-state index in [2.05, 4.69) is 37.9 Å². The van der Waals surface area contributed by atoms with Crippen LogP contribution in [0.5, 0.6) is 0 Å². The minimum Gasteiger partial charge on any atom is -0.366 e. The summed E-state index contributed by atoms with van der Waals surface area (Å²) in [4.78, 5) is 13.6. The molecule has 0 heterocycles. The average Bonchev–Trinajstić information content (AvgIpc) is 2.37. The lowest BCUT2D eigenvalue weighted by Gasteiger charge is -2.27. The Morgan fingerprint density at radius 2 is 2.00 bits per heavy atom. The molecule has 0 radical (unpaired) electrons. The van der Waals surface area contributed by atoms with Crippen LogP contribution < -0.4 is 11.1 Å². The summed E-state index contributed by atoms with van der Waals surface area (Å²) >= 11 is 0. The van der Waals surface area contributed by atoms with Gasteiger partial charge in [0.1, 0.15) is 0 Å². The Morgan fingerprint density at radius 3 is 2.55 bits per heavy atom. The molecule has 0 spiro atoms. The molecule has 0 saturated carbocycles. The van der Waals surface area contributed by atoms with E-state index in [0.717, 1.165) is 25.2 Å². The number of nitrogens with one attached hydrogen (secondary N) is 1. The first-order valence-electron chi connectivity index (χ1n) is 7.26. The van der Waals surface area contributed by atoms with E-state index in [1.807, 2.05) is 18.2 Å². The molecule has 4 heteroatoms. The fourth-order valence-electron chi connectivity index (χ4n) is 2.07. The molecule has 0 aliphatic carbocycles. The van der Waals surface area contributed by atoms with Crippen LogP contribution in [0.15, 0.2) is 24.3 Å². The van der Waals surface area contributed by atoms with Gasteiger partial charge < -0.3 is 11.1 Å². The van der Waals surface area contributed by atoms with Crippen LogP contribution in [0.4, 0.5) is 0 Å². The molecule has 4 nitrogen and oxygen atoms in total. The number of carbonyl (C=O) groups excluding carboxylic acids is 1. The summed E-state index contributed by atoms with van der Waals surface area (Å²) in [6.45, 7) is 11.5. The quantitative estimate of drug-likeness (QED) is 0.764. The summed E-state index contributed by atoms with van der Waals surface area (Å²) in [5.41, 5.74) is 7.02. The Hall–Kier alpha value is -1.39. The number of carbonyl (C=O) groups is 1. The number of nitrogens with zero attached hydrogens (tertiary/aromatic N) is 1. The van der Waals surface area contributed by atoms with Crippen molar-refractivity contribution in [3.63, 3.8) is 0 Å². The third-order valence-electron chi connectivity index (χ3n) is 3.28. The van der Waals surface area contributed by atoms with Crippen LogP contribution in [0.3, 0.4) is 0 Å². The first-order chi connectivity index (χ1) is 9.40. The normalized spacial score (nSPS) is 11.6. The van der Waals surface area contributed by atoms with E-state index in [4.69, 9.17) is 5.73 Å². The Balaban J connectivity index is 2.65. The van der Waals surface area contributed by atoms with Gasteiger partial charge in [0.15, 0.2) is 0 Å². The van der Waals surface area contributed by atoms with Crippen LogP contribution in [0.25, 0.3) is 0 Å². The number of rotatable bonds is 8. The average molecular weight is 277 g/mol. The lowest BCUT2D eigenvalue weighted by Crippen LogP contribution is -2.38. The van der Waals surface area contributed by atoms with Crippen LogP contribution in [0.1, 0.15) is 43.6 Å². The summed E-state index contributed by atoms with van der Waals surface area (Å²) in [7, 11) is 0. The zero-order valence-corrected chi connectivity index (χ0v) is 13.0. The SMILES string of the molecule is CC(C)NCCN(Cc1cccc(C(N)=O)c1)C(C)C. The predicted octanol–water partition coefficient (Wildman–Crippen LogP) is 1.99. The van der Waals surface area contributed by atoms with Crippen LogP contribution in [-0.4, -0.2) is 36.0 Å². The molecule has 1 rings (SSSR count). The summed E-state index contributed by atoms with van der Waals surface area (Å²) in [6.07, 6.45) is 0. The van der Waals surface area contributed by atoms with Gasteiger partial charge in [0.05, 0.1) is 0 Å². The number of primary amides is 1. The molecule has 0 fully saturated rings. The van der Waals surface area contributed by atoms with Crippen LogP contribution in [0, 0.1) is 0 Å². The molecule has 1 amide bonds. The van der Waals surface area contributed by atoms with Crippen LogP contribution in [0.2, 0.25) is 0 Å². The van der Waals surface area contributed by atoms with E-state index in [1.54, 1.807) is 6.07 Å².